The fourth-order valence-corrected chi connectivity index (χ4v) is 2.59. The molecule has 0 aliphatic carbocycles. The Labute approximate surface area is 107 Å². The molecule has 0 bridgehead atoms. The van der Waals surface area contributed by atoms with E-state index in [4.69, 9.17) is 5.73 Å². The molecule has 0 radical (unpaired) electrons. The molecule has 16 heavy (non-hydrogen) atoms. The summed E-state index contributed by atoms with van der Waals surface area (Å²) in [6.07, 6.45) is 1.65. The molecule has 3 N–H and O–H groups in total. The second kappa shape index (κ2) is 4.84. The van der Waals surface area contributed by atoms with Crippen molar-refractivity contribution in [1.82, 2.24) is 4.98 Å². The minimum Gasteiger partial charge on any atom is -0.397 e. The van der Waals surface area contributed by atoms with Crippen molar-refractivity contribution in [2.24, 2.45) is 0 Å². The summed E-state index contributed by atoms with van der Waals surface area (Å²) in [7, 11) is 0. The molecule has 0 aliphatic rings. The molecule has 2 aromatic heterocycles. The number of aromatic nitrogens is 1. The third-order valence-corrected chi connectivity index (χ3v) is 3.85. The Morgan fingerprint density at radius 1 is 1.56 bits per heavy atom. The van der Waals surface area contributed by atoms with Crippen molar-refractivity contribution < 1.29 is 0 Å². The molecule has 0 fully saturated rings. The summed E-state index contributed by atoms with van der Waals surface area (Å²) in [6.45, 7) is 2.11. The normalized spacial score (nSPS) is 12.4. The first-order chi connectivity index (χ1) is 7.66. The largest absolute Gasteiger partial charge is 0.397 e. The Kier molecular flexibility index (Phi) is 3.46. The minimum absolute atomic E-state index is 0.243. The van der Waals surface area contributed by atoms with Gasteiger partial charge in [0.05, 0.1) is 22.4 Å². The van der Waals surface area contributed by atoms with Gasteiger partial charge in [0.1, 0.15) is 5.82 Å². The van der Waals surface area contributed by atoms with Crippen molar-refractivity contribution in [3.8, 4) is 0 Å². The SMILES string of the molecule is CC(Nc1ncc(N)cc1Br)c1cccs1. The van der Waals surface area contributed by atoms with Gasteiger partial charge in [-0.2, -0.15) is 0 Å². The number of nitrogens with zero attached hydrogens (tertiary/aromatic N) is 1. The van der Waals surface area contributed by atoms with E-state index in [1.54, 1.807) is 17.5 Å². The standard InChI is InChI=1S/C11H12BrN3S/c1-7(10-3-2-4-16-10)15-11-9(12)5-8(13)6-14-11/h2-7H,13H2,1H3,(H,14,15). The topological polar surface area (TPSA) is 50.9 Å². The molecule has 0 spiro atoms. The predicted molar refractivity (Wildman–Crippen MR) is 72.7 cm³/mol. The lowest BCUT2D eigenvalue weighted by molar-refractivity contribution is 0.895. The number of rotatable bonds is 3. The Balaban J connectivity index is 2.15. The van der Waals surface area contributed by atoms with E-state index in [0.717, 1.165) is 10.3 Å². The molecule has 3 nitrogen and oxygen atoms in total. The van der Waals surface area contributed by atoms with Crippen molar-refractivity contribution in [2.75, 3.05) is 11.1 Å². The third-order valence-electron chi connectivity index (χ3n) is 2.19. The van der Waals surface area contributed by atoms with Gasteiger partial charge in [0.2, 0.25) is 0 Å². The summed E-state index contributed by atoms with van der Waals surface area (Å²) in [5.74, 6) is 0.815. The first kappa shape index (κ1) is 11.4. The van der Waals surface area contributed by atoms with Crippen LogP contribution in [0, 0.1) is 0 Å². The summed E-state index contributed by atoms with van der Waals surface area (Å²) < 4.78 is 0.885. The summed E-state index contributed by atoms with van der Waals surface area (Å²) in [6, 6.07) is 6.24. The van der Waals surface area contributed by atoms with Crippen LogP contribution < -0.4 is 11.1 Å². The van der Waals surface area contributed by atoms with Crippen LogP contribution in [0.1, 0.15) is 17.8 Å². The van der Waals surface area contributed by atoms with E-state index in [0.29, 0.717) is 5.69 Å². The van der Waals surface area contributed by atoms with E-state index >= 15 is 0 Å². The zero-order valence-electron chi connectivity index (χ0n) is 8.77. The van der Waals surface area contributed by atoms with Gasteiger partial charge < -0.3 is 11.1 Å². The number of anilines is 2. The summed E-state index contributed by atoms with van der Waals surface area (Å²) in [5, 5.41) is 5.41. The minimum atomic E-state index is 0.243. The molecular formula is C11H12BrN3S. The highest BCUT2D eigenvalue weighted by molar-refractivity contribution is 9.10. The predicted octanol–water partition coefficient (Wildman–Crippen LogP) is 3.66. The fourth-order valence-electron chi connectivity index (χ4n) is 1.37. The molecule has 2 rings (SSSR count). The molecule has 84 valence electrons. The van der Waals surface area contributed by atoms with Gasteiger partial charge in [-0.1, -0.05) is 6.07 Å². The van der Waals surface area contributed by atoms with Crippen LogP contribution in [0.15, 0.2) is 34.2 Å². The van der Waals surface area contributed by atoms with Crippen LogP contribution in [0.2, 0.25) is 0 Å². The van der Waals surface area contributed by atoms with Gasteiger partial charge in [0.25, 0.3) is 0 Å². The van der Waals surface area contributed by atoms with Crippen LogP contribution in [0.5, 0.6) is 0 Å². The van der Waals surface area contributed by atoms with E-state index in [9.17, 15) is 0 Å². The van der Waals surface area contributed by atoms with E-state index in [-0.39, 0.29) is 6.04 Å². The molecule has 2 aromatic rings. The Hall–Kier alpha value is -1.07. The molecule has 2 heterocycles. The fraction of sp³-hybridized carbons (Fsp3) is 0.182. The van der Waals surface area contributed by atoms with Gasteiger partial charge in [-0.05, 0) is 40.4 Å². The maximum absolute atomic E-state index is 5.63. The average Bonchev–Trinajstić information content (AvgIpc) is 2.75. The summed E-state index contributed by atoms with van der Waals surface area (Å²) in [5.41, 5.74) is 6.29. The van der Waals surface area contributed by atoms with Crippen molar-refractivity contribution in [1.29, 1.82) is 0 Å². The van der Waals surface area contributed by atoms with Gasteiger partial charge >= 0.3 is 0 Å². The van der Waals surface area contributed by atoms with Crippen LogP contribution in [0.25, 0.3) is 0 Å². The number of hydrogen-bond acceptors (Lipinski definition) is 4. The molecule has 0 aromatic carbocycles. The van der Waals surface area contributed by atoms with Gasteiger partial charge in [-0.3, -0.25) is 0 Å². The van der Waals surface area contributed by atoms with Gasteiger partial charge in [-0.25, -0.2) is 4.98 Å². The molecule has 0 saturated carbocycles. The van der Waals surface area contributed by atoms with Gasteiger partial charge in [-0.15, -0.1) is 11.3 Å². The molecule has 1 atom stereocenters. The summed E-state index contributed by atoms with van der Waals surface area (Å²) in [4.78, 5) is 5.53. The molecule has 1 unspecified atom stereocenters. The van der Waals surface area contributed by atoms with Crippen molar-refractivity contribution in [3.63, 3.8) is 0 Å². The number of nitrogens with one attached hydrogen (secondary N) is 1. The highest BCUT2D eigenvalue weighted by Crippen LogP contribution is 2.27. The number of nitrogens with two attached hydrogens (primary N) is 1. The summed E-state index contributed by atoms with van der Waals surface area (Å²) >= 11 is 5.17. The van der Waals surface area contributed by atoms with Crippen molar-refractivity contribution in [2.45, 2.75) is 13.0 Å². The average molecular weight is 298 g/mol. The van der Waals surface area contributed by atoms with Gasteiger partial charge in [0, 0.05) is 4.88 Å². The van der Waals surface area contributed by atoms with Crippen molar-refractivity contribution in [3.05, 3.63) is 39.1 Å². The highest BCUT2D eigenvalue weighted by Gasteiger charge is 2.09. The molecular weight excluding hydrogens is 286 g/mol. The first-order valence-corrected chi connectivity index (χ1v) is 6.55. The Bertz CT molecular complexity index is 470. The maximum Gasteiger partial charge on any atom is 0.140 e. The first-order valence-electron chi connectivity index (χ1n) is 4.88. The smallest absolute Gasteiger partial charge is 0.140 e. The molecule has 0 aliphatic heterocycles. The number of pyridine rings is 1. The maximum atomic E-state index is 5.63. The number of hydrogen-bond donors (Lipinski definition) is 2. The quantitative estimate of drug-likeness (QED) is 0.909. The van der Waals surface area contributed by atoms with Crippen LogP contribution in [-0.4, -0.2) is 4.98 Å². The lowest BCUT2D eigenvalue weighted by atomic mass is 10.2. The molecule has 5 heteroatoms. The van der Waals surface area contributed by atoms with E-state index in [2.05, 4.69) is 44.6 Å². The Morgan fingerprint density at radius 2 is 2.38 bits per heavy atom. The molecule has 0 saturated heterocycles. The zero-order chi connectivity index (χ0) is 11.5. The van der Waals surface area contributed by atoms with Crippen LogP contribution in [0.4, 0.5) is 11.5 Å². The van der Waals surface area contributed by atoms with Crippen LogP contribution >= 0.6 is 27.3 Å². The molecule has 0 amide bonds. The highest BCUT2D eigenvalue weighted by atomic mass is 79.9. The zero-order valence-corrected chi connectivity index (χ0v) is 11.2. The van der Waals surface area contributed by atoms with E-state index in [1.165, 1.54) is 4.88 Å². The van der Waals surface area contributed by atoms with E-state index in [1.807, 2.05) is 12.1 Å². The monoisotopic (exact) mass is 297 g/mol. The number of thiophene rings is 1. The van der Waals surface area contributed by atoms with Gasteiger partial charge in [0.15, 0.2) is 0 Å². The Morgan fingerprint density at radius 3 is 3.00 bits per heavy atom. The lowest BCUT2D eigenvalue weighted by Gasteiger charge is -2.14. The van der Waals surface area contributed by atoms with Crippen LogP contribution in [-0.2, 0) is 0 Å². The third kappa shape index (κ3) is 2.54. The van der Waals surface area contributed by atoms with Crippen LogP contribution in [0.3, 0.4) is 0 Å². The lowest BCUT2D eigenvalue weighted by Crippen LogP contribution is -2.07. The second-order valence-corrected chi connectivity index (χ2v) is 5.31. The van der Waals surface area contributed by atoms with E-state index < -0.39 is 0 Å². The van der Waals surface area contributed by atoms with Crippen molar-refractivity contribution >= 4 is 38.8 Å². The second-order valence-electron chi connectivity index (χ2n) is 3.48. The number of halogens is 1. The number of nitrogen functional groups attached to an aromatic ring is 1.